The minimum absolute atomic E-state index is 0.149. The molecule has 1 heterocycles. The Morgan fingerprint density at radius 3 is 2.62 bits per heavy atom. The lowest BCUT2D eigenvalue weighted by Gasteiger charge is -2.08. The fourth-order valence-electron chi connectivity index (χ4n) is 1.55. The first kappa shape index (κ1) is 10.5. The van der Waals surface area contributed by atoms with Crippen molar-refractivity contribution in [2.24, 2.45) is 0 Å². The van der Waals surface area contributed by atoms with Crippen molar-refractivity contribution in [3.05, 3.63) is 42.2 Å². The van der Waals surface area contributed by atoms with Crippen molar-refractivity contribution < 1.29 is 9.84 Å². The average Bonchev–Trinajstić information content (AvgIpc) is 2.31. The molecular weight excluding hydrogens is 202 g/mol. The summed E-state index contributed by atoms with van der Waals surface area (Å²) in [5.41, 5.74) is 2.56. The van der Waals surface area contributed by atoms with Crippen LogP contribution < -0.4 is 4.74 Å². The summed E-state index contributed by atoms with van der Waals surface area (Å²) in [6, 6.07) is 9.24. The summed E-state index contributed by atoms with van der Waals surface area (Å²) in [5, 5.41) is 9.96. The number of hydrogen-bond acceptors (Lipinski definition) is 3. The monoisotopic (exact) mass is 215 g/mol. The summed E-state index contributed by atoms with van der Waals surface area (Å²) >= 11 is 0. The molecule has 0 spiro atoms. The highest BCUT2D eigenvalue weighted by atomic mass is 16.5. The molecule has 82 valence electrons. The van der Waals surface area contributed by atoms with E-state index in [-0.39, 0.29) is 5.75 Å². The van der Waals surface area contributed by atoms with Crippen LogP contribution in [0.3, 0.4) is 0 Å². The highest BCUT2D eigenvalue weighted by Gasteiger charge is 2.08. The molecular formula is C13H13NO2. The number of aromatic nitrogens is 1. The van der Waals surface area contributed by atoms with Crippen LogP contribution in [0.1, 0.15) is 5.69 Å². The number of pyridine rings is 1. The van der Waals surface area contributed by atoms with E-state index < -0.39 is 0 Å². The van der Waals surface area contributed by atoms with E-state index in [0.29, 0.717) is 5.75 Å². The van der Waals surface area contributed by atoms with Gasteiger partial charge in [-0.15, -0.1) is 0 Å². The van der Waals surface area contributed by atoms with E-state index in [2.05, 4.69) is 4.98 Å². The number of aryl methyl sites for hydroxylation is 1. The van der Waals surface area contributed by atoms with Crippen molar-refractivity contribution in [3.8, 4) is 22.6 Å². The maximum absolute atomic E-state index is 9.96. The van der Waals surface area contributed by atoms with Crippen LogP contribution in [-0.4, -0.2) is 17.2 Å². The second-order valence-electron chi connectivity index (χ2n) is 3.54. The quantitative estimate of drug-likeness (QED) is 0.837. The molecule has 0 saturated heterocycles. The van der Waals surface area contributed by atoms with Crippen molar-refractivity contribution in [1.82, 2.24) is 4.98 Å². The Labute approximate surface area is 94.3 Å². The van der Waals surface area contributed by atoms with E-state index >= 15 is 0 Å². The third kappa shape index (κ3) is 1.84. The van der Waals surface area contributed by atoms with E-state index in [1.807, 2.05) is 31.2 Å². The summed E-state index contributed by atoms with van der Waals surface area (Å²) < 4.78 is 5.06. The van der Waals surface area contributed by atoms with Gasteiger partial charge in [-0.2, -0.15) is 0 Å². The fourth-order valence-corrected chi connectivity index (χ4v) is 1.55. The van der Waals surface area contributed by atoms with Gasteiger partial charge in [-0.25, -0.2) is 0 Å². The number of rotatable bonds is 2. The van der Waals surface area contributed by atoms with Gasteiger partial charge in [0.25, 0.3) is 0 Å². The Morgan fingerprint density at radius 2 is 2.00 bits per heavy atom. The van der Waals surface area contributed by atoms with Crippen molar-refractivity contribution >= 4 is 0 Å². The Bertz CT molecular complexity index is 492. The number of benzene rings is 1. The first-order chi connectivity index (χ1) is 7.72. The lowest BCUT2D eigenvalue weighted by atomic mass is 10.1. The summed E-state index contributed by atoms with van der Waals surface area (Å²) in [6.07, 6.45) is 1.74. The predicted molar refractivity (Wildman–Crippen MR) is 62.6 cm³/mol. The summed E-state index contributed by atoms with van der Waals surface area (Å²) in [7, 11) is 1.53. The number of phenolic OH excluding ortho intramolecular Hbond substituents is 1. The van der Waals surface area contributed by atoms with E-state index in [4.69, 9.17) is 4.74 Å². The second kappa shape index (κ2) is 4.23. The SMILES string of the molecule is COc1cccc(-c2ccc(C)nc2)c1O. The maximum atomic E-state index is 9.96. The van der Waals surface area contributed by atoms with Gasteiger partial charge >= 0.3 is 0 Å². The summed E-state index contributed by atoms with van der Waals surface area (Å²) in [5.74, 6) is 0.619. The number of aromatic hydroxyl groups is 1. The van der Waals surface area contributed by atoms with Gasteiger partial charge in [0.05, 0.1) is 7.11 Å². The molecule has 0 saturated carbocycles. The maximum Gasteiger partial charge on any atom is 0.165 e. The van der Waals surface area contributed by atoms with Crippen LogP contribution in [0, 0.1) is 6.92 Å². The number of nitrogens with zero attached hydrogens (tertiary/aromatic N) is 1. The lowest BCUT2D eigenvalue weighted by Crippen LogP contribution is -1.87. The Morgan fingerprint density at radius 1 is 1.19 bits per heavy atom. The zero-order valence-electron chi connectivity index (χ0n) is 9.27. The van der Waals surface area contributed by atoms with Gasteiger partial charge in [0.2, 0.25) is 0 Å². The van der Waals surface area contributed by atoms with Crippen LogP contribution >= 0.6 is 0 Å². The molecule has 0 aliphatic heterocycles. The number of ether oxygens (including phenoxy) is 1. The van der Waals surface area contributed by atoms with Gasteiger partial charge in [-0.05, 0) is 19.1 Å². The molecule has 3 heteroatoms. The van der Waals surface area contributed by atoms with E-state index in [9.17, 15) is 5.11 Å². The van der Waals surface area contributed by atoms with E-state index in [1.165, 1.54) is 7.11 Å². The minimum Gasteiger partial charge on any atom is -0.504 e. The van der Waals surface area contributed by atoms with Gasteiger partial charge in [-0.3, -0.25) is 4.98 Å². The molecule has 1 aromatic heterocycles. The van der Waals surface area contributed by atoms with Crippen LogP contribution in [0.4, 0.5) is 0 Å². The van der Waals surface area contributed by atoms with Crippen molar-refractivity contribution in [3.63, 3.8) is 0 Å². The molecule has 16 heavy (non-hydrogen) atoms. The standard InChI is InChI=1S/C13H13NO2/c1-9-6-7-10(8-14-9)11-4-3-5-12(16-2)13(11)15/h3-8,15H,1-2H3. The van der Waals surface area contributed by atoms with Crippen molar-refractivity contribution in [1.29, 1.82) is 0 Å². The minimum atomic E-state index is 0.149. The number of methoxy groups -OCH3 is 1. The average molecular weight is 215 g/mol. The Kier molecular flexibility index (Phi) is 2.77. The third-order valence-electron chi connectivity index (χ3n) is 2.44. The number of phenols is 1. The third-order valence-corrected chi connectivity index (χ3v) is 2.44. The van der Waals surface area contributed by atoms with Crippen LogP contribution in [-0.2, 0) is 0 Å². The van der Waals surface area contributed by atoms with Crippen molar-refractivity contribution in [2.45, 2.75) is 6.92 Å². The van der Waals surface area contributed by atoms with Gasteiger partial charge in [0, 0.05) is 23.0 Å². The zero-order valence-corrected chi connectivity index (χ0v) is 9.27. The molecule has 1 aromatic carbocycles. The van der Waals surface area contributed by atoms with Crippen molar-refractivity contribution in [2.75, 3.05) is 7.11 Å². The van der Waals surface area contributed by atoms with Gasteiger partial charge in [0.15, 0.2) is 11.5 Å². The highest BCUT2D eigenvalue weighted by Crippen LogP contribution is 2.36. The van der Waals surface area contributed by atoms with Gasteiger partial charge < -0.3 is 9.84 Å². The molecule has 0 atom stereocenters. The first-order valence-electron chi connectivity index (χ1n) is 5.01. The van der Waals surface area contributed by atoms with E-state index in [0.717, 1.165) is 16.8 Å². The zero-order chi connectivity index (χ0) is 11.5. The molecule has 2 aromatic rings. The lowest BCUT2D eigenvalue weighted by molar-refractivity contribution is 0.374. The highest BCUT2D eigenvalue weighted by molar-refractivity contribution is 5.72. The first-order valence-corrected chi connectivity index (χ1v) is 5.01. The number of hydrogen-bond donors (Lipinski definition) is 1. The van der Waals surface area contributed by atoms with Crippen LogP contribution in [0.5, 0.6) is 11.5 Å². The Hall–Kier alpha value is -2.03. The molecule has 0 fully saturated rings. The smallest absolute Gasteiger partial charge is 0.165 e. The molecule has 0 unspecified atom stereocenters. The van der Waals surface area contributed by atoms with Crippen LogP contribution in [0.15, 0.2) is 36.5 Å². The summed E-state index contributed by atoms with van der Waals surface area (Å²) in [4.78, 5) is 4.20. The largest absolute Gasteiger partial charge is 0.504 e. The van der Waals surface area contributed by atoms with E-state index in [1.54, 1.807) is 12.3 Å². The predicted octanol–water partition coefficient (Wildman–Crippen LogP) is 2.77. The molecule has 1 N–H and O–H groups in total. The Balaban J connectivity index is 2.51. The molecule has 2 rings (SSSR count). The van der Waals surface area contributed by atoms with Crippen LogP contribution in [0.25, 0.3) is 11.1 Å². The van der Waals surface area contributed by atoms with Gasteiger partial charge in [0.1, 0.15) is 0 Å². The van der Waals surface area contributed by atoms with Crippen LogP contribution in [0.2, 0.25) is 0 Å². The normalized spacial score (nSPS) is 10.1. The molecule has 0 bridgehead atoms. The number of para-hydroxylation sites is 1. The van der Waals surface area contributed by atoms with Gasteiger partial charge in [-0.1, -0.05) is 18.2 Å². The molecule has 3 nitrogen and oxygen atoms in total. The molecule has 0 amide bonds. The molecule has 0 aliphatic rings. The second-order valence-corrected chi connectivity index (χ2v) is 3.54. The summed E-state index contributed by atoms with van der Waals surface area (Å²) in [6.45, 7) is 1.93. The topological polar surface area (TPSA) is 42.4 Å². The fraction of sp³-hybridized carbons (Fsp3) is 0.154. The molecule has 0 aliphatic carbocycles. The molecule has 0 radical (unpaired) electrons.